The standard InChI is InChI=1S/C17H24N2OS/c1-5-19(12-17(3,4)20)10-15-11-21-16(18-15)14-8-6-13(2)7-9-14/h6-9,11,20H,5,10,12H2,1-4H3. The smallest absolute Gasteiger partial charge is 0.123 e. The topological polar surface area (TPSA) is 36.4 Å². The summed E-state index contributed by atoms with van der Waals surface area (Å²) in [6.45, 7) is 10.2. The van der Waals surface area contributed by atoms with Gasteiger partial charge in [0.1, 0.15) is 5.01 Å². The molecule has 21 heavy (non-hydrogen) atoms. The summed E-state index contributed by atoms with van der Waals surface area (Å²) in [6, 6.07) is 8.46. The molecule has 0 radical (unpaired) electrons. The number of hydrogen-bond donors (Lipinski definition) is 1. The highest BCUT2D eigenvalue weighted by Gasteiger charge is 2.18. The van der Waals surface area contributed by atoms with Gasteiger partial charge in [0.25, 0.3) is 0 Å². The number of aliphatic hydroxyl groups is 1. The molecule has 4 heteroatoms. The molecule has 1 aromatic carbocycles. The van der Waals surface area contributed by atoms with Crippen molar-refractivity contribution in [2.24, 2.45) is 0 Å². The third-order valence-electron chi connectivity index (χ3n) is 3.29. The van der Waals surface area contributed by atoms with Crippen LogP contribution >= 0.6 is 11.3 Å². The van der Waals surface area contributed by atoms with Gasteiger partial charge >= 0.3 is 0 Å². The van der Waals surface area contributed by atoms with E-state index in [-0.39, 0.29) is 0 Å². The minimum Gasteiger partial charge on any atom is -0.389 e. The Morgan fingerprint density at radius 3 is 2.48 bits per heavy atom. The second-order valence-electron chi connectivity index (χ2n) is 6.13. The fraction of sp³-hybridized carbons (Fsp3) is 0.471. The number of rotatable bonds is 6. The molecular formula is C17H24N2OS. The summed E-state index contributed by atoms with van der Waals surface area (Å²) in [5.74, 6) is 0. The van der Waals surface area contributed by atoms with E-state index in [0.717, 1.165) is 23.8 Å². The van der Waals surface area contributed by atoms with Crippen molar-refractivity contribution in [3.05, 3.63) is 40.9 Å². The number of aryl methyl sites for hydroxylation is 1. The highest BCUT2D eigenvalue weighted by Crippen LogP contribution is 2.24. The largest absolute Gasteiger partial charge is 0.389 e. The molecule has 0 spiro atoms. The lowest BCUT2D eigenvalue weighted by Gasteiger charge is -2.27. The zero-order valence-corrected chi connectivity index (χ0v) is 14.1. The molecule has 2 rings (SSSR count). The molecule has 0 saturated heterocycles. The van der Waals surface area contributed by atoms with Crippen LogP contribution in [0.3, 0.4) is 0 Å². The van der Waals surface area contributed by atoms with Gasteiger partial charge in [0.2, 0.25) is 0 Å². The fourth-order valence-electron chi connectivity index (χ4n) is 2.26. The number of likely N-dealkylation sites (N-methyl/N-ethyl adjacent to an activating group) is 1. The second-order valence-corrected chi connectivity index (χ2v) is 6.98. The maximum atomic E-state index is 9.95. The summed E-state index contributed by atoms with van der Waals surface area (Å²) in [6.07, 6.45) is 0. The van der Waals surface area contributed by atoms with E-state index in [1.807, 2.05) is 13.8 Å². The van der Waals surface area contributed by atoms with Crippen LogP contribution in [0, 0.1) is 6.92 Å². The van der Waals surface area contributed by atoms with E-state index < -0.39 is 5.60 Å². The monoisotopic (exact) mass is 304 g/mol. The first-order chi connectivity index (χ1) is 9.87. The fourth-order valence-corrected chi connectivity index (χ4v) is 3.08. The van der Waals surface area contributed by atoms with E-state index in [4.69, 9.17) is 4.98 Å². The molecule has 0 aliphatic rings. The Labute approximate surface area is 131 Å². The summed E-state index contributed by atoms with van der Waals surface area (Å²) in [7, 11) is 0. The molecule has 3 nitrogen and oxygen atoms in total. The van der Waals surface area contributed by atoms with E-state index in [0.29, 0.717) is 6.54 Å². The molecule has 0 atom stereocenters. The van der Waals surface area contributed by atoms with Crippen LogP contribution in [-0.4, -0.2) is 33.7 Å². The number of thiazole rings is 1. The molecular weight excluding hydrogens is 280 g/mol. The average molecular weight is 304 g/mol. The van der Waals surface area contributed by atoms with Crippen molar-refractivity contribution in [2.75, 3.05) is 13.1 Å². The van der Waals surface area contributed by atoms with Crippen LogP contribution < -0.4 is 0 Å². The van der Waals surface area contributed by atoms with Crippen LogP contribution in [0.2, 0.25) is 0 Å². The highest BCUT2D eigenvalue weighted by atomic mass is 32.1. The van der Waals surface area contributed by atoms with Gasteiger partial charge < -0.3 is 5.11 Å². The van der Waals surface area contributed by atoms with Crippen molar-refractivity contribution in [3.63, 3.8) is 0 Å². The Hall–Kier alpha value is -1.23. The van der Waals surface area contributed by atoms with Crippen LogP contribution in [-0.2, 0) is 6.54 Å². The molecule has 0 amide bonds. The van der Waals surface area contributed by atoms with Crippen molar-refractivity contribution < 1.29 is 5.11 Å². The normalized spacial score (nSPS) is 12.1. The molecule has 114 valence electrons. The lowest BCUT2D eigenvalue weighted by atomic mass is 10.1. The third-order valence-corrected chi connectivity index (χ3v) is 4.23. The summed E-state index contributed by atoms with van der Waals surface area (Å²) < 4.78 is 0. The zero-order chi connectivity index (χ0) is 15.5. The van der Waals surface area contributed by atoms with Crippen LogP contribution in [0.4, 0.5) is 0 Å². The SMILES string of the molecule is CCN(Cc1csc(-c2ccc(C)cc2)n1)CC(C)(C)O. The molecule has 0 bridgehead atoms. The predicted molar refractivity (Wildman–Crippen MR) is 89.5 cm³/mol. The van der Waals surface area contributed by atoms with Crippen molar-refractivity contribution in [3.8, 4) is 10.6 Å². The Morgan fingerprint density at radius 2 is 1.90 bits per heavy atom. The molecule has 0 saturated carbocycles. The summed E-state index contributed by atoms with van der Waals surface area (Å²) in [5, 5.41) is 13.1. The van der Waals surface area contributed by atoms with Gasteiger partial charge in [0.05, 0.1) is 11.3 Å². The molecule has 1 N–H and O–H groups in total. The van der Waals surface area contributed by atoms with Crippen molar-refractivity contribution >= 4 is 11.3 Å². The Kier molecular flexibility index (Phi) is 5.14. The molecule has 0 fully saturated rings. The summed E-state index contributed by atoms with van der Waals surface area (Å²) >= 11 is 1.68. The minimum atomic E-state index is -0.675. The minimum absolute atomic E-state index is 0.654. The van der Waals surface area contributed by atoms with Gasteiger partial charge in [-0.05, 0) is 27.3 Å². The molecule has 2 aromatic rings. The second kappa shape index (κ2) is 6.69. The van der Waals surface area contributed by atoms with E-state index in [2.05, 4.69) is 48.4 Å². The third kappa shape index (κ3) is 4.92. The van der Waals surface area contributed by atoms with Crippen molar-refractivity contribution in [1.29, 1.82) is 0 Å². The van der Waals surface area contributed by atoms with Crippen LogP contribution in [0.15, 0.2) is 29.6 Å². The van der Waals surface area contributed by atoms with Gasteiger partial charge in [-0.15, -0.1) is 11.3 Å². The van der Waals surface area contributed by atoms with Gasteiger partial charge in [-0.3, -0.25) is 4.90 Å². The first-order valence-corrected chi connectivity index (χ1v) is 8.21. The molecule has 1 heterocycles. The van der Waals surface area contributed by atoms with Crippen LogP contribution in [0.5, 0.6) is 0 Å². The van der Waals surface area contributed by atoms with Crippen LogP contribution in [0.25, 0.3) is 10.6 Å². The Bertz CT molecular complexity index is 569. The zero-order valence-electron chi connectivity index (χ0n) is 13.3. The highest BCUT2D eigenvalue weighted by molar-refractivity contribution is 7.13. The molecule has 0 aliphatic carbocycles. The van der Waals surface area contributed by atoms with E-state index >= 15 is 0 Å². The first-order valence-electron chi connectivity index (χ1n) is 7.33. The first kappa shape index (κ1) is 16.1. The van der Waals surface area contributed by atoms with E-state index in [1.165, 1.54) is 11.1 Å². The Morgan fingerprint density at radius 1 is 1.24 bits per heavy atom. The Balaban J connectivity index is 2.07. The predicted octanol–water partition coefficient (Wildman–Crippen LogP) is 3.71. The van der Waals surface area contributed by atoms with Gasteiger partial charge in [-0.25, -0.2) is 4.98 Å². The molecule has 0 unspecified atom stereocenters. The summed E-state index contributed by atoms with van der Waals surface area (Å²) in [5.41, 5.74) is 2.83. The lowest BCUT2D eigenvalue weighted by molar-refractivity contribution is 0.0350. The van der Waals surface area contributed by atoms with E-state index in [1.54, 1.807) is 11.3 Å². The number of hydrogen-bond acceptors (Lipinski definition) is 4. The molecule has 0 aliphatic heterocycles. The van der Waals surface area contributed by atoms with Gasteiger partial charge in [0, 0.05) is 24.0 Å². The number of nitrogens with zero attached hydrogens (tertiary/aromatic N) is 2. The lowest BCUT2D eigenvalue weighted by Crippen LogP contribution is -2.38. The maximum absolute atomic E-state index is 9.95. The van der Waals surface area contributed by atoms with E-state index in [9.17, 15) is 5.11 Å². The van der Waals surface area contributed by atoms with Gasteiger partial charge in [0.15, 0.2) is 0 Å². The number of aromatic nitrogens is 1. The summed E-state index contributed by atoms with van der Waals surface area (Å²) in [4.78, 5) is 6.94. The number of benzene rings is 1. The van der Waals surface area contributed by atoms with Crippen molar-refractivity contribution in [2.45, 2.75) is 39.8 Å². The van der Waals surface area contributed by atoms with Gasteiger partial charge in [-0.2, -0.15) is 0 Å². The average Bonchev–Trinajstić information content (AvgIpc) is 2.85. The van der Waals surface area contributed by atoms with Crippen LogP contribution in [0.1, 0.15) is 32.0 Å². The maximum Gasteiger partial charge on any atom is 0.123 e. The van der Waals surface area contributed by atoms with Gasteiger partial charge in [-0.1, -0.05) is 36.8 Å². The quantitative estimate of drug-likeness (QED) is 0.884. The van der Waals surface area contributed by atoms with Crippen molar-refractivity contribution in [1.82, 2.24) is 9.88 Å². The molecule has 1 aromatic heterocycles.